The lowest BCUT2D eigenvalue weighted by atomic mass is 10.0. The molecule has 17 heavy (non-hydrogen) atoms. The SMILES string of the molecule is NCCC1CCc2cn(-c3ccccc3)nc21. The van der Waals surface area contributed by atoms with Crippen molar-refractivity contribution in [2.24, 2.45) is 5.73 Å². The minimum absolute atomic E-state index is 0.569. The molecule has 1 aliphatic rings. The maximum Gasteiger partial charge on any atom is 0.0692 e. The second-order valence-electron chi connectivity index (χ2n) is 4.63. The van der Waals surface area contributed by atoms with Crippen LogP contribution in [0.25, 0.3) is 5.69 Å². The molecule has 3 nitrogen and oxygen atoms in total. The van der Waals surface area contributed by atoms with Crippen molar-refractivity contribution in [1.29, 1.82) is 0 Å². The molecule has 0 fully saturated rings. The molecule has 0 amide bonds. The summed E-state index contributed by atoms with van der Waals surface area (Å²) in [5.74, 6) is 0.569. The number of para-hydroxylation sites is 1. The highest BCUT2D eigenvalue weighted by molar-refractivity contribution is 5.35. The van der Waals surface area contributed by atoms with Crippen LogP contribution in [0.15, 0.2) is 36.5 Å². The molecule has 1 heterocycles. The Kier molecular flexibility index (Phi) is 2.69. The topological polar surface area (TPSA) is 43.8 Å². The van der Waals surface area contributed by atoms with Crippen LogP contribution in [0.3, 0.4) is 0 Å². The van der Waals surface area contributed by atoms with Crippen LogP contribution < -0.4 is 5.73 Å². The van der Waals surface area contributed by atoms with Gasteiger partial charge in [-0.1, -0.05) is 18.2 Å². The molecule has 2 N–H and O–H groups in total. The zero-order valence-electron chi connectivity index (χ0n) is 9.84. The molecule has 0 radical (unpaired) electrons. The van der Waals surface area contributed by atoms with E-state index in [1.165, 1.54) is 17.7 Å². The second kappa shape index (κ2) is 4.34. The van der Waals surface area contributed by atoms with Gasteiger partial charge in [0.25, 0.3) is 0 Å². The molecule has 3 heteroatoms. The van der Waals surface area contributed by atoms with Gasteiger partial charge in [-0.3, -0.25) is 0 Å². The maximum absolute atomic E-state index is 5.65. The van der Waals surface area contributed by atoms with Gasteiger partial charge in [0.1, 0.15) is 0 Å². The first kappa shape index (κ1) is 10.5. The van der Waals surface area contributed by atoms with Crippen LogP contribution in [-0.4, -0.2) is 16.3 Å². The molecule has 1 aliphatic carbocycles. The van der Waals surface area contributed by atoms with Gasteiger partial charge in [0.15, 0.2) is 0 Å². The van der Waals surface area contributed by atoms with E-state index in [1.54, 1.807) is 0 Å². The highest BCUT2D eigenvalue weighted by Crippen LogP contribution is 2.34. The Labute approximate surface area is 101 Å². The average Bonchev–Trinajstić information content (AvgIpc) is 2.93. The van der Waals surface area contributed by atoms with E-state index < -0.39 is 0 Å². The lowest BCUT2D eigenvalue weighted by molar-refractivity contribution is 0.601. The standard InChI is InChI=1S/C14H17N3/c15-9-8-11-6-7-12-10-17(16-14(11)12)13-4-2-1-3-5-13/h1-5,10-11H,6-9,15H2. The van der Waals surface area contributed by atoms with Crippen molar-refractivity contribution in [3.63, 3.8) is 0 Å². The van der Waals surface area contributed by atoms with Gasteiger partial charge in [0.05, 0.1) is 11.4 Å². The first-order valence-electron chi connectivity index (χ1n) is 6.22. The zero-order chi connectivity index (χ0) is 11.7. The molecule has 88 valence electrons. The minimum atomic E-state index is 0.569. The summed E-state index contributed by atoms with van der Waals surface area (Å²) in [6.45, 7) is 0.752. The van der Waals surface area contributed by atoms with E-state index in [0.29, 0.717) is 5.92 Å². The monoisotopic (exact) mass is 227 g/mol. The molecular formula is C14H17N3. The molecule has 0 aliphatic heterocycles. The van der Waals surface area contributed by atoms with Crippen LogP contribution in [-0.2, 0) is 6.42 Å². The number of hydrogen-bond acceptors (Lipinski definition) is 2. The van der Waals surface area contributed by atoms with Crippen molar-refractivity contribution in [2.75, 3.05) is 6.54 Å². The number of rotatable bonds is 3. The third-order valence-corrected chi connectivity index (χ3v) is 3.51. The first-order chi connectivity index (χ1) is 8.38. The van der Waals surface area contributed by atoms with Gasteiger partial charge < -0.3 is 5.73 Å². The van der Waals surface area contributed by atoms with Crippen LogP contribution in [0.4, 0.5) is 0 Å². The summed E-state index contributed by atoms with van der Waals surface area (Å²) in [5, 5.41) is 4.72. The van der Waals surface area contributed by atoms with Gasteiger partial charge in [0, 0.05) is 12.1 Å². The highest BCUT2D eigenvalue weighted by Gasteiger charge is 2.25. The quantitative estimate of drug-likeness (QED) is 0.874. The van der Waals surface area contributed by atoms with Gasteiger partial charge in [-0.15, -0.1) is 0 Å². The molecule has 0 saturated heterocycles. The number of hydrogen-bond donors (Lipinski definition) is 1. The molecule has 0 spiro atoms. The third kappa shape index (κ3) is 1.87. The van der Waals surface area contributed by atoms with E-state index in [1.807, 2.05) is 22.9 Å². The van der Waals surface area contributed by atoms with Crippen LogP contribution in [0.1, 0.15) is 30.0 Å². The van der Waals surface area contributed by atoms with Crippen molar-refractivity contribution in [3.05, 3.63) is 47.8 Å². The summed E-state index contributed by atoms with van der Waals surface area (Å²) in [7, 11) is 0. The summed E-state index contributed by atoms with van der Waals surface area (Å²) < 4.78 is 1.99. The molecule has 1 atom stereocenters. The lowest BCUT2D eigenvalue weighted by Crippen LogP contribution is -2.06. The molecule has 0 saturated carbocycles. The highest BCUT2D eigenvalue weighted by atomic mass is 15.3. The largest absolute Gasteiger partial charge is 0.330 e. The Morgan fingerprint density at radius 2 is 2.12 bits per heavy atom. The fourth-order valence-corrected chi connectivity index (χ4v) is 2.62. The van der Waals surface area contributed by atoms with Gasteiger partial charge in [0.2, 0.25) is 0 Å². The smallest absolute Gasteiger partial charge is 0.0692 e. The number of benzene rings is 1. The first-order valence-corrected chi connectivity index (χ1v) is 6.22. The number of aryl methyl sites for hydroxylation is 1. The van der Waals surface area contributed by atoms with E-state index in [-0.39, 0.29) is 0 Å². The van der Waals surface area contributed by atoms with E-state index in [4.69, 9.17) is 10.8 Å². The van der Waals surface area contributed by atoms with E-state index >= 15 is 0 Å². The van der Waals surface area contributed by atoms with Crippen molar-refractivity contribution in [1.82, 2.24) is 9.78 Å². The number of fused-ring (bicyclic) bond motifs is 1. The number of nitrogens with two attached hydrogens (primary N) is 1. The molecular weight excluding hydrogens is 210 g/mol. The van der Waals surface area contributed by atoms with Crippen LogP contribution >= 0.6 is 0 Å². The van der Waals surface area contributed by atoms with Crippen molar-refractivity contribution >= 4 is 0 Å². The molecule has 1 unspecified atom stereocenters. The molecule has 3 rings (SSSR count). The summed E-state index contributed by atoms with van der Waals surface area (Å²) in [4.78, 5) is 0. The van der Waals surface area contributed by atoms with Crippen LogP contribution in [0, 0.1) is 0 Å². The fraction of sp³-hybridized carbons (Fsp3) is 0.357. The van der Waals surface area contributed by atoms with Crippen LogP contribution in [0.2, 0.25) is 0 Å². The summed E-state index contributed by atoms with van der Waals surface area (Å²) in [6, 6.07) is 10.3. The van der Waals surface area contributed by atoms with Gasteiger partial charge >= 0.3 is 0 Å². The predicted octanol–water partition coefficient (Wildman–Crippen LogP) is 2.25. The summed E-state index contributed by atoms with van der Waals surface area (Å²) >= 11 is 0. The normalized spacial score (nSPS) is 18.3. The second-order valence-corrected chi connectivity index (χ2v) is 4.63. The summed E-state index contributed by atoms with van der Waals surface area (Å²) in [5.41, 5.74) is 9.44. The van der Waals surface area contributed by atoms with E-state index in [9.17, 15) is 0 Å². The fourth-order valence-electron chi connectivity index (χ4n) is 2.62. The molecule has 2 aromatic rings. The van der Waals surface area contributed by atoms with Gasteiger partial charge in [-0.25, -0.2) is 4.68 Å². The minimum Gasteiger partial charge on any atom is -0.330 e. The lowest BCUT2D eigenvalue weighted by Gasteiger charge is -2.07. The van der Waals surface area contributed by atoms with Crippen molar-refractivity contribution in [3.8, 4) is 5.69 Å². The van der Waals surface area contributed by atoms with Crippen LogP contribution in [0.5, 0.6) is 0 Å². The Hall–Kier alpha value is -1.61. The maximum atomic E-state index is 5.65. The van der Waals surface area contributed by atoms with E-state index in [0.717, 1.165) is 25.1 Å². The van der Waals surface area contributed by atoms with Crippen molar-refractivity contribution < 1.29 is 0 Å². The summed E-state index contributed by atoms with van der Waals surface area (Å²) in [6.07, 6.45) is 5.58. The Morgan fingerprint density at radius 1 is 1.29 bits per heavy atom. The van der Waals surface area contributed by atoms with E-state index in [2.05, 4.69) is 18.3 Å². The molecule has 0 bridgehead atoms. The third-order valence-electron chi connectivity index (χ3n) is 3.51. The number of nitrogens with zero attached hydrogens (tertiary/aromatic N) is 2. The van der Waals surface area contributed by atoms with Gasteiger partial charge in [-0.05, 0) is 43.5 Å². The Morgan fingerprint density at radius 3 is 2.88 bits per heavy atom. The zero-order valence-corrected chi connectivity index (χ0v) is 9.84. The number of aromatic nitrogens is 2. The molecule has 1 aromatic carbocycles. The van der Waals surface area contributed by atoms with Gasteiger partial charge in [-0.2, -0.15) is 5.10 Å². The molecule has 1 aromatic heterocycles. The average molecular weight is 227 g/mol. The predicted molar refractivity (Wildman–Crippen MR) is 68.3 cm³/mol. The Bertz CT molecular complexity index is 501. The Balaban J connectivity index is 1.93. The van der Waals surface area contributed by atoms with Crippen molar-refractivity contribution in [2.45, 2.75) is 25.2 Å².